The molecule has 1 aromatic rings. The summed E-state index contributed by atoms with van der Waals surface area (Å²) in [6, 6.07) is 7.08. The van der Waals surface area contributed by atoms with Gasteiger partial charge in [0.25, 0.3) is 5.91 Å². The highest BCUT2D eigenvalue weighted by Crippen LogP contribution is 2.29. The minimum atomic E-state index is 0.0851. The minimum Gasteiger partial charge on any atom is -0.399 e. The van der Waals surface area contributed by atoms with Crippen molar-refractivity contribution in [3.63, 3.8) is 0 Å². The Labute approximate surface area is 89.9 Å². The van der Waals surface area contributed by atoms with Crippen molar-refractivity contribution in [2.24, 2.45) is 5.92 Å². The van der Waals surface area contributed by atoms with Crippen LogP contribution in [0.1, 0.15) is 23.2 Å². The van der Waals surface area contributed by atoms with Crippen molar-refractivity contribution in [2.75, 3.05) is 19.3 Å². The van der Waals surface area contributed by atoms with Gasteiger partial charge >= 0.3 is 0 Å². The zero-order valence-corrected chi connectivity index (χ0v) is 8.94. The summed E-state index contributed by atoms with van der Waals surface area (Å²) in [6.07, 6.45) is 2.53. The van der Waals surface area contributed by atoms with Crippen molar-refractivity contribution in [3.8, 4) is 0 Å². The molecule has 0 unspecified atom stereocenters. The summed E-state index contributed by atoms with van der Waals surface area (Å²) in [5.41, 5.74) is 6.97. The Morgan fingerprint density at radius 3 is 2.53 bits per heavy atom. The molecule has 0 saturated heterocycles. The van der Waals surface area contributed by atoms with Crippen molar-refractivity contribution in [3.05, 3.63) is 29.8 Å². The Hall–Kier alpha value is -1.51. The molecule has 0 heterocycles. The van der Waals surface area contributed by atoms with E-state index in [1.54, 1.807) is 29.2 Å². The SMILES string of the molecule is CN(CC1CC1)C(=O)c1ccc(N)cc1. The Balaban J connectivity index is 2.02. The zero-order chi connectivity index (χ0) is 10.8. The van der Waals surface area contributed by atoms with Gasteiger partial charge in [-0.15, -0.1) is 0 Å². The zero-order valence-electron chi connectivity index (χ0n) is 8.94. The Morgan fingerprint density at radius 1 is 1.40 bits per heavy atom. The molecule has 3 nitrogen and oxygen atoms in total. The third kappa shape index (κ3) is 2.49. The Kier molecular flexibility index (Phi) is 2.62. The maximum absolute atomic E-state index is 11.9. The van der Waals surface area contributed by atoms with Crippen LogP contribution in [0.5, 0.6) is 0 Å². The highest BCUT2D eigenvalue weighted by atomic mass is 16.2. The molecule has 0 radical (unpaired) electrons. The van der Waals surface area contributed by atoms with Crippen molar-refractivity contribution < 1.29 is 4.79 Å². The van der Waals surface area contributed by atoms with E-state index in [1.165, 1.54) is 12.8 Å². The smallest absolute Gasteiger partial charge is 0.253 e. The molecule has 0 aliphatic heterocycles. The molecule has 3 heteroatoms. The van der Waals surface area contributed by atoms with Gasteiger partial charge in [0.2, 0.25) is 0 Å². The van der Waals surface area contributed by atoms with Crippen LogP contribution in [0.2, 0.25) is 0 Å². The summed E-state index contributed by atoms with van der Waals surface area (Å²) in [5.74, 6) is 0.814. The van der Waals surface area contributed by atoms with E-state index in [0.717, 1.165) is 12.5 Å². The standard InChI is InChI=1S/C12H16N2O/c1-14(8-9-2-3-9)12(15)10-4-6-11(13)7-5-10/h4-7,9H,2-3,8,13H2,1H3. The Morgan fingerprint density at radius 2 is 2.00 bits per heavy atom. The van der Waals surface area contributed by atoms with Crippen molar-refractivity contribution in [2.45, 2.75) is 12.8 Å². The van der Waals surface area contributed by atoms with Crippen LogP contribution in [0.15, 0.2) is 24.3 Å². The number of nitrogen functional groups attached to an aromatic ring is 1. The van der Waals surface area contributed by atoms with Crippen LogP contribution < -0.4 is 5.73 Å². The fourth-order valence-corrected chi connectivity index (χ4v) is 1.62. The number of carbonyl (C=O) groups is 1. The third-order valence-corrected chi connectivity index (χ3v) is 2.73. The molecule has 1 saturated carbocycles. The summed E-state index contributed by atoms with van der Waals surface area (Å²) in [7, 11) is 1.86. The van der Waals surface area contributed by atoms with Crippen LogP contribution >= 0.6 is 0 Å². The van der Waals surface area contributed by atoms with Crippen LogP contribution in [0.25, 0.3) is 0 Å². The molecule has 2 rings (SSSR count). The largest absolute Gasteiger partial charge is 0.399 e. The van der Waals surface area contributed by atoms with Gasteiger partial charge in [0, 0.05) is 24.8 Å². The summed E-state index contributed by atoms with van der Waals surface area (Å²) < 4.78 is 0. The van der Waals surface area contributed by atoms with Crippen LogP contribution in [-0.2, 0) is 0 Å². The summed E-state index contributed by atoms with van der Waals surface area (Å²) in [4.78, 5) is 13.7. The lowest BCUT2D eigenvalue weighted by molar-refractivity contribution is 0.0789. The Bertz CT molecular complexity index is 354. The lowest BCUT2D eigenvalue weighted by Crippen LogP contribution is -2.28. The van der Waals surface area contributed by atoms with Gasteiger partial charge in [0.1, 0.15) is 0 Å². The first-order valence-corrected chi connectivity index (χ1v) is 5.28. The van der Waals surface area contributed by atoms with Gasteiger partial charge in [-0.25, -0.2) is 0 Å². The highest BCUT2D eigenvalue weighted by Gasteiger charge is 2.25. The van der Waals surface area contributed by atoms with E-state index in [2.05, 4.69) is 0 Å². The predicted octanol–water partition coefficient (Wildman–Crippen LogP) is 1.75. The lowest BCUT2D eigenvalue weighted by Gasteiger charge is -2.16. The van der Waals surface area contributed by atoms with E-state index in [0.29, 0.717) is 11.3 Å². The molecule has 2 N–H and O–H groups in total. The fraction of sp³-hybridized carbons (Fsp3) is 0.417. The lowest BCUT2D eigenvalue weighted by atomic mass is 10.2. The first-order chi connectivity index (χ1) is 7.16. The predicted molar refractivity (Wildman–Crippen MR) is 60.5 cm³/mol. The molecule has 1 aromatic carbocycles. The van der Waals surface area contributed by atoms with Gasteiger partial charge in [0.05, 0.1) is 0 Å². The van der Waals surface area contributed by atoms with Gasteiger partial charge in [-0.05, 0) is 43.0 Å². The van der Waals surface area contributed by atoms with Crippen molar-refractivity contribution >= 4 is 11.6 Å². The van der Waals surface area contributed by atoms with Crippen LogP contribution in [0.3, 0.4) is 0 Å². The summed E-state index contributed by atoms with van der Waals surface area (Å²) in [5, 5.41) is 0. The number of hydrogen-bond acceptors (Lipinski definition) is 2. The van der Waals surface area contributed by atoms with Gasteiger partial charge in [0.15, 0.2) is 0 Å². The molecule has 0 atom stereocenters. The number of anilines is 1. The van der Waals surface area contributed by atoms with E-state index in [1.807, 2.05) is 7.05 Å². The number of benzene rings is 1. The summed E-state index contributed by atoms with van der Waals surface area (Å²) in [6.45, 7) is 0.878. The van der Waals surface area contributed by atoms with Crippen LogP contribution in [-0.4, -0.2) is 24.4 Å². The van der Waals surface area contributed by atoms with Gasteiger partial charge < -0.3 is 10.6 Å². The van der Waals surface area contributed by atoms with E-state index < -0.39 is 0 Å². The molecule has 80 valence electrons. The third-order valence-electron chi connectivity index (χ3n) is 2.73. The number of nitrogens with zero attached hydrogens (tertiary/aromatic N) is 1. The maximum atomic E-state index is 11.9. The second-order valence-corrected chi connectivity index (χ2v) is 4.25. The number of rotatable bonds is 3. The second-order valence-electron chi connectivity index (χ2n) is 4.25. The molecule has 1 fully saturated rings. The quantitative estimate of drug-likeness (QED) is 0.762. The van der Waals surface area contributed by atoms with Crippen molar-refractivity contribution in [1.29, 1.82) is 0 Å². The van der Waals surface area contributed by atoms with Gasteiger partial charge in [-0.2, -0.15) is 0 Å². The minimum absolute atomic E-state index is 0.0851. The number of amides is 1. The maximum Gasteiger partial charge on any atom is 0.253 e. The van der Waals surface area contributed by atoms with E-state index in [4.69, 9.17) is 5.73 Å². The van der Waals surface area contributed by atoms with Crippen LogP contribution in [0.4, 0.5) is 5.69 Å². The van der Waals surface area contributed by atoms with E-state index in [9.17, 15) is 4.79 Å². The number of hydrogen-bond donors (Lipinski definition) is 1. The van der Waals surface area contributed by atoms with Gasteiger partial charge in [-0.1, -0.05) is 0 Å². The molecule has 1 aliphatic carbocycles. The molecule has 1 amide bonds. The molecule has 0 spiro atoms. The topological polar surface area (TPSA) is 46.3 Å². The molecule has 15 heavy (non-hydrogen) atoms. The average molecular weight is 204 g/mol. The number of carbonyl (C=O) groups excluding carboxylic acids is 1. The molecular formula is C12H16N2O. The fourth-order valence-electron chi connectivity index (χ4n) is 1.62. The van der Waals surface area contributed by atoms with Crippen molar-refractivity contribution in [1.82, 2.24) is 4.90 Å². The highest BCUT2D eigenvalue weighted by molar-refractivity contribution is 5.94. The second kappa shape index (κ2) is 3.93. The normalized spacial score (nSPS) is 15.0. The molecule has 0 aromatic heterocycles. The van der Waals surface area contributed by atoms with E-state index >= 15 is 0 Å². The monoisotopic (exact) mass is 204 g/mol. The van der Waals surface area contributed by atoms with E-state index in [-0.39, 0.29) is 5.91 Å². The molecule has 1 aliphatic rings. The van der Waals surface area contributed by atoms with Gasteiger partial charge in [-0.3, -0.25) is 4.79 Å². The first kappa shape index (κ1) is 10.0. The van der Waals surface area contributed by atoms with Crippen LogP contribution in [0, 0.1) is 5.92 Å². The molecular weight excluding hydrogens is 188 g/mol. The summed E-state index contributed by atoms with van der Waals surface area (Å²) >= 11 is 0. The average Bonchev–Trinajstić information content (AvgIpc) is 3.02. The molecule has 0 bridgehead atoms. The first-order valence-electron chi connectivity index (χ1n) is 5.28. The number of nitrogens with two attached hydrogens (primary N) is 1.